The molecule has 0 aliphatic carbocycles. The van der Waals surface area contributed by atoms with Crippen LogP contribution in [0.15, 0.2) is 42.6 Å². The summed E-state index contributed by atoms with van der Waals surface area (Å²) in [6.45, 7) is 3.95. The highest BCUT2D eigenvalue weighted by atomic mass is 16.5. The van der Waals surface area contributed by atoms with Crippen LogP contribution in [-0.4, -0.2) is 22.2 Å². The van der Waals surface area contributed by atoms with Gasteiger partial charge in [-0.15, -0.1) is 0 Å². The Bertz CT molecular complexity index is 620. The quantitative estimate of drug-likeness (QED) is 0.841. The molecule has 0 atom stereocenters. The third kappa shape index (κ3) is 4.58. The highest BCUT2D eigenvalue weighted by Crippen LogP contribution is 2.28. The smallest absolute Gasteiger partial charge is 0.303 e. The Labute approximate surface area is 130 Å². The zero-order valence-electron chi connectivity index (χ0n) is 13.0. The van der Waals surface area contributed by atoms with Gasteiger partial charge in [-0.1, -0.05) is 24.3 Å². The van der Waals surface area contributed by atoms with E-state index in [1.807, 2.05) is 50.2 Å². The summed E-state index contributed by atoms with van der Waals surface area (Å²) in [4.78, 5) is 14.8. The van der Waals surface area contributed by atoms with Crippen molar-refractivity contribution in [2.45, 2.75) is 39.2 Å². The number of carboxylic acid groups (broad SMARTS) is 1. The first-order valence-electron chi connectivity index (χ1n) is 7.49. The number of aryl methyl sites for hydroxylation is 1. The summed E-state index contributed by atoms with van der Waals surface area (Å²) >= 11 is 0. The van der Waals surface area contributed by atoms with Crippen molar-refractivity contribution in [2.24, 2.45) is 0 Å². The standard InChI is InChI=1S/C18H21NO3/c1-13(2)22-18-16(6-4-12-19-18)15-10-8-14(9-11-15)5-3-7-17(20)21/h4,6,8-13H,3,5,7H2,1-2H3,(H,20,21). The van der Waals surface area contributed by atoms with Gasteiger partial charge < -0.3 is 9.84 Å². The van der Waals surface area contributed by atoms with Crippen molar-refractivity contribution in [3.8, 4) is 17.0 Å². The van der Waals surface area contributed by atoms with E-state index in [1.165, 1.54) is 0 Å². The van der Waals surface area contributed by atoms with Crippen LogP contribution in [0.1, 0.15) is 32.3 Å². The van der Waals surface area contributed by atoms with E-state index in [0.717, 1.165) is 23.1 Å². The molecule has 4 nitrogen and oxygen atoms in total. The number of ether oxygens (including phenoxy) is 1. The lowest BCUT2D eigenvalue weighted by molar-refractivity contribution is -0.137. The second kappa shape index (κ2) is 7.59. The maximum atomic E-state index is 10.5. The molecule has 1 aromatic heterocycles. The number of aliphatic carboxylic acids is 1. The van der Waals surface area contributed by atoms with Crippen molar-refractivity contribution in [1.82, 2.24) is 4.98 Å². The molecule has 0 spiro atoms. The minimum atomic E-state index is -0.748. The van der Waals surface area contributed by atoms with Crippen molar-refractivity contribution in [1.29, 1.82) is 0 Å². The Morgan fingerprint density at radius 3 is 2.59 bits per heavy atom. The average molecular weight is 299 g/mol. The molecule has 4 heteroatoms. The Morgan fingerprint density at radius 1 is 1.23 bits per heavy atom. The van der Waals surface area contributed by atoms with Gasteiger partial charge in [0.1, 0.15) is 0 Å². The molecule has 1 N–H and O–H groups in total. The second-order valence-electron chi connectivity index (χ2n) is 5.47. The first-order valence-corrected chi connectivity index (χ1v) is 7.49. The maximum absolute atomic E-state index is 10.5. The predicted molar refractivity (Wildman–Crippen MR) is 86.0 cm³/mol. The van der Waals surface area contributed by atoms with Crippen molar-refractivity contribution in [3.63, 3.8) is 0 Å². The number of hydrogen-bond donors (Lipinski definition) is 1. The molecule has 0 aliphatic heterocycles. The fourth-order valence-corrected chi connectivity index (χ4v) is 2.22. The molecule has 0 aliphatic rings. The van der Waals surface area contributed by atoms with Crippen molar-refractivity contribution in [2.75, 3.05) is 0 Å². The van der Waals surface area contributed by atoms with E-state index in [9.17, 15) is 4.79 Å². The van der Waals surface area contributed by atoms with E-state index in [-0.39, 0.29) is 12.5 Å². The zero-order valence-corrected chi connectivity index (χ0v) is 13.0. The SMILES string of the molecule is CC(C)Oc1ncccc1-c1ccc(CCCC(=O)O)cc1. The molecule has 0 saturated carbocycles. The van der Waals surface area contributed by atoms with E-state index in [2.05, 4.69) is 4.98 Å². The number of pyridine rings is 1. The minimum Gasteiger partial charge on any atom is -0.481 e. The largest absolute Gasteiger partial charge is 0.481 e. The number of carboxylic acids is 1. The van der Waals surface area contributed by atoms with Crippen molar-refractivity contribution < 1.29 is 14.6 Å². The highest BCUT2D eigenvalue weighted by Gasteiger charge is 2.09. The Kier molecular flexibility index (Phi) is 5.53. The monoisotopic (exact) mass is 299 g/mol. The summed E-state index contributed by atoms with van der Waals surface area (Å²) in [6, 6.07) is 12.0. The highest BCUT2D eigenvalue weighted by molar-refractivity contribution is 5.68. The lowest BCUT2D eigenvalue weighted by Gasteiger charge is -2.13. The molecule has 0 fully saturated rings. The van der Waals surface area contributed by atoms with Gasteiger partial charge in [0.15, 0.2) is 0 Å². The molecule has 0 bridgehead atoms. The number of hydrogen-bond acceptors (Lipinski definition) is 3. The summed E-state index contributed by atoms with van der Waals surface area (Å²) in [5, 5.41) is 8.67. The summed E-state index contributed by atoms with van der Waals surface area (Å²) in [5.41, 5.74) is 3.15. The Morgan fingerprint density at radius 2 is 1.95 bits per heavy atom. The first kappa shape index (κ1) is 16.0. The first-order chi connectivity index (χ1) is 10.6. The summed E-state index contributed by atoms with van der Waals surface area (Å²) in [6.07, 6.45) is 3.43. The lowest BCUT2D eigenvalue weighted by atomic mass is 10.0. The predicted octanol–water partition coefficient (Wildman–Crippen LogP) is 3.94. The normalized spacial score (nSPS) is 10.7. The summed E-state index contributed by atoms with van der Waals surface area (Å²) < 4.78 is 5.74. The number of rotatable bonds is 7. The lowest BCUT2D eigenvalue weighted by Crippen LogP contribution is -2.07. The van der Waals surface area contributed by atoms with Crippen LogP contribution in [-0.2, 0) is 11.2 Å². The molecule has 0 amide bonds. The molecule has 1 heterocycles. The van der Waals surface area contributed by atoms with Crippen molar-refractivity contribution in [3.05, 3.63) is 48.2 Å². The number of nitrogens with zero attached hydrogens (tertiary/aromatic N) is 1. The molecule has 22 heavy (non-hydrogen) atoms. The Hall–Kier alpha value is -2.36. The van der Waals surface area contributed by atoms with E-state index >= 15 is 0 Å². The van der Waals surface area contributed by atoms with Crippen LogP contribution < -0.4 is 4.74 Å². The van der Waals surface area contributed by atoms with Crippen LogP contribution in [0, 0.1) is 0 Å². The number of aromatic nitrogens is 1. The second-order valence-corrected chi connectivity index (χ2v) is 5.47. The average Bonchev–Trinajstić information content (AvgIpc) is 2.48. The van der Waals surface area contributed by atoms with Gasteiger partial charge in [0.2, 0.25) is 5.88 Å². The molecule has 2 rings (SSSR count). The van der Waals surface area contributed by atoms with Crippen LogP contribution in [0.5, 0.6) is 5.88 Å². The van der Waals surface area contributed by atoms with Crippen LogP contribution in [0.4, 0.5) is 0 Å². The van der Waals surface area contributed by atoms with E-state index < -0.39 is 5.97 Å². The summed E-state index contributed by atoms with van der Waals surface area (Å²) in [7, 11) is 0. The fraction of sp³-hybridized carbons (Fsp3) is 0.333. The van der Waals surface area contributed by atoms with Crippen LogP contribution >= 0.6 is 0 Å². The zero-order chi connectivity index (χ0) is 15.9. The van der Waals surface area contributed by atoms with Gasteiger partial charge in [0, 0.05) is 18.2 Å². The summed E-state index contributed by atoms with van der Waals surface area (Å²) in [5.74, 6) is -0.112. The van der Waals surface area contributed by atoms with Crippen LogP contribution in [0.3, 0.4) is 0 Å². The van der Waals surface area contributed by atoms with Gasteiger partial charge in [0.25, 0.3) is 0 Å². The minimum absolute atomic E-state index is 0.0731. The number of benzene rings is 1. The molecular weight excluding hydrogens is 278 g/mol. The van der Waals surface area contributed by atoms with Gasteiger partial charge in [-0.05, 0) is 49.9 Å². The van der Waals surface area contributed by atoms with Gasteiger partial charge in [-0.25, -0.2) is 4.98 Å². The number of carbonyl (C=O) groups is 1. The third-order valence-corrected chi connectivity index (χ3v) is 3.24. The molecular formula is C18H21NO3. The fourth-order valence-electron chi connectivity index (χ4n) is 2.22. The van der Waals surface area contributed by atoms with E-state index in [0.29, 0.717) is 12.3 Å². The van der Waals surface area contributed by atoms with Crippen LogP contribution in [0.2, 0.25) is 0 Å². The van der Waals surface area contributed by atoms with Gasteiger partial charge in [-0.2, -0.15) is 0 Å². The Balaban J connectivity index is 2.12. The van der Waals surface area contributed by atoms with Crippen molar-refractivity contribution >= 4 is 5.97 Å². The topological polar surface area (TPSA) is 59.4 Å². The molecule has 0 unspecified atom stereocenters. The molecule has 2 aromatic rings. The molecule has 1 aromatic carbocycles. The molecule has 0 radical (unpaired) electrons. The van der Waals surface area contributed by atoms with Gasteiger partial charge in [-0.3, -0.25) is 4.79 Å². The maximum Gasteiger partial charge on any atom is 0.303 e. The molecule has 0 saturated heterocycles. The van der Waals surface area contributed by atoms with E-state index in [4.69, 9.17) is 9.84 Å². The van der Waals surface area contributed by atoms with E-state index in [1.54, 1.807) is 6.20 Å². The van der Waals surface area contributed by atoms with Gasteiger partial charge >= 0.3 is 5.97 Å². The van der Waals surface area contributed by atoms with Crippen LogP contribution in [0.25, 0.3) is 11.1 Å². The van der Waals surface area contributed by atoms with Gasteiger partial charge in [0.05, 0.1) is 6.10 Å². The third-order valence-electron chi connectivity index (χ3n) is 3.24. The molecule has 116 valence electrons.